The van der Waals surface area contributed by atoms with Gasteiger partial charge in [-0.2, -0.15) is 11.8 Å². The van der Waals surface area contributed by atoms with Gasteiger partial charge in [-0.3, -0.25) is 4.79 Å². The summed E-state index contributed by atoms with van der Waals surface area (Å²) < 4.78 is 4.48. The van der Waals surface area contributed by atoms with E-state index in [1.807, 2.05) is 6.92 Å². The molecule has 0 aliphatic carbocycles. The molecular weight excluding hydrogens is 176 g/mol. The van der Waals surface area contributed by atoms with Gasteiger partial charge in [-0.15, -0.1) is 0 Å². The zero-order chi connectivity index (χ0) is 9.40. The monoisotopic (exact) mass is 192 g/mol. The number of hydrogen-bond acceptors (Lipinski definition) is 4. The van der Waals surface area contributed by atoms with E-state index < -0.39 is 0 Å². The standard InChI is InChI=1S/C8H16O3S/c1-7(5-9)6-12-4-3-8(10)11-2/h7,9H,3-6H2,1-2H3. The molecule has 0 saturated carbocycles. The highest BCUT2D eigenvalue weighted by molar-refractivity contribution is 7.99. The molecule has 3 nitrogen and oxygen atoms in total. The van der Waals surface area contributed by atoms with E-state index in [0.29, 0.717) is 12.3 Å². The minimum absolute atomic E-state index is 0.167. The molecule has 1 atom stereocenters. The molecule has 0 amide bonds. The lowest BCUT2D eigenvalue weighted by Gasteiger charge is -2.05. The maximum atomic E-state index is 10.6. The number of methoxy groups -OCH3 is 1. The number of rotatable bonds is 6. The van der Waals surface area contributed by atoms with Crippen LogP contribution >= 0.6 is 11.8 Å². The predicted octanol–water partition coefficient (Wildman–Crippen LogP) is 0.911. The Balaban J connectivity index is 3.15. The molecular formula is C8H16O3S. The molecule has 0 aromatic rings. The zero-order valence-corrected chi connectivity index (χ0v) is 8.39. The van der Waals surface area contributed by atoms with Crippen LogP contribution in [0.3, 0.4) is 0 Å². The second kappa shape index (κ2) is 7.43. The van der Waals surface area contributed by atoms with Gasteiger partial charge in [0.2, 0.25) is 0 Å². The van der Waals surface area contributed by atoms with Crippen LogP contribution in [0.2, 0.25) is 0 Å². The molecule has 0 saturated heterocycles. The van der Waals surface area contributed by atoms with Crippen molar-refractivity contribution in [1.29, 1.82) is 0 Å². The van der Waals surface area contributed by atoms with E-state index in [1.165, 1.54) is 7.11 Å². The van der Waals surface area contributed by atoms with E-state index >= 15 is 0 Å². The minimum Gasteiger partial charge on any atom is -0.469 e. The molecule has 0 radical (unpaired) electrons. The summed E-state index contributed by atoms with van der Waals surface area (Å²) in [5.41, 5.74) is 0. The van der Waals surface area contributed by atoms with Gasteiger partial charge in [0.05, 0.1) is 13.5 Å². The first kappa shape index (κ1) is 11.8. The lowest BCUT2D eigenvalue weighted by atomic mass is 10.2. The summed E-state index contributed by atoms with van der Waals surface area (Å²) in [4.78, 5) is 10.6. The Labute approximate surface area is 77.5 Å². The molecule has 0 rings (SSSR count). The first-order chi connectivity index (χ1) is 5.70. The normalized spacial score (nSPS) is 12.6. The van der Waals surface area contributed by atoms with E-state index in [0.717, 1.165) is 11.5 Å². The van der Waals surface area contributed by atoms with Gasteiger partial charge >= 0.3 is 5.97 Å². The fraction of sp³-hybridized carbons (Fsp3) is 0.875. The van der Waals surface area contributed by atoms with Crippen molar-refractivity contribution in [2.24, 2.45) is 5.92 Å². The van der Waals surface area contributed by atoms with Crippen LogP contribution in [-0.2, 0) is 9.53 Å². The molecule has 0 aliphatic heterocycles. The molecule has 12 heavy (non-hydrogen) atoms. The highest BCUT2D eigenvalue weighted by Crippen LogP contribution is 2.08. The van der Waals surface area contributed by atoms with Gasteiger partial charge in [0.25, 0.3) is 0 Å². The number of aliphatic hydroxyl groups excluding tert-OH is 1. The van der Waals surface area contributed by atoms with E-state index in [9.17, 15) is 4.79 Å². The summed E-state index contributed by atoms with van der Waals surface area (Å²) in [6.45, 7) is 2.19. The van der Waals surface area contributed by atoms with Gasteiger partial charge in [-0.25, -0.2) is 0 Å². The fourth-order valence-electron chi connectivity index (χ4n) is 0.595. The second-order valence-corrected chi connectivity index (χ2v) is 3.84. The van der Waals surface area contributed by atoms with E-state index in [4.69, 9.17) is 5.11 Å². The highest BCUT2D eigenvalue weighted by atomic mass is 32.2. The van der Waals surface area contributed by atoms with Crippen molar-refractivity contribution in [3.63, 3.8) is 0 Å². The fourth-order valence-corrected chi connectivity index (χ4v) is 1.58. The van der Waals surface area contributed by atoms with Gasteiger partial charge < -0.3 is 9.84 Å². The Morgan fingerprint density at radius 3 is 2.83 bits per heavy atom. The first-order valence-electron chi connectivity index (χ1n) is 3.96. The largest absolute Gasteiger partial charge is 0.469 e. The van der Waals surface area contributed by atoms with Gasteiger partial charge in [-0.05, 0) is 11.7 Å². The Hall–Kier alpha value is -0.220. The topological polar surface area (TPSA) is 46.5 Å². The van der Waals surface area contributed by atoms with Gasteiger partial charge in [0, 0.05) is 12.4 Å². The van der Waals surface area contributed by atoms with Crippen molar-refractivity contribution in [2.75, 3.05) is 25.2 Å². The molecule has 0 aromatic heterocycles. The van der Waals surface area contributed by atoms with Gasteiger partial charge in [-0.1, -0.05) is 6.92 Å². The molecule has 72 valence electrons. The third-order valence-corrected chi connectivity index (χ3v) is 2.69. The maximum absolute atomic E-state index is 10.6. The third-order valence-electron chi connectivity index (χ3n) is 1.39. The van der Waals surface area contributed by atoms with Crippen molar-refractivity contribution in [3.8, 4) is 0 Å². The number of carbonyl (C=O) groups excluding carboxylic acids is 1. The van der Waals surface area contributed by atoms with Crippen LogP contribution in [-0.4, -0.2) is 36.3 Å². The number of ether oxygens (including phenoxy) is 1. The van der Waals surface area contributed by atoms with Crippen LogP contribution in [0.15, 0.2) is 0 Å². The Morgan fingerprint density at radius 2 is 2.33 bits per heavy atom. The molecule has 0 heterocycles. The lowest BCUT2D eigenvalue weighted by Crippen LogP contribution is -2.06. The first-order valence-corrected chi connectivity index (χ1v) is 5.11. The minimum atomic E-state index is -0.167. The van der Waals surface area contributed by atoms with E-state index in [1.54, 1.807) is 11.8 Å². The molecule has 0 bridgehead atoms. The number of thioether (sulfide) groups is 1. The van der Waals surface area contributed by atoms with Crippen LogP contribution < -0.4 is 0 Å². The Morgan fingerprint density at radius 1 is 1.67 bits per heavy atom. The van der Waals surface area contributed by atoms with E-state index in [-0.39, 0.29) is 12.6 Å². The zero-order valence-electron chi connectivity index (χ0n) is 7.58. The smallest absolute Gasteiger partial charge is 0.306 e. The van der Waals surface area contributed by atoms with Crippen molar-refractivity contribution >= 4 is 17.7 Å². The van der Waals surface area contributed by atoms with Crippen molar-refractivity contribution in [1.82, 2.24) is 0 Å². The van der Waals surface area contributed by atoms with Crippen molar-refractivity contribution in [3.05, 3.63) is 0 Å². The molecule has 0 aliphatic rings. The number of esters is 1. The van der Waals surface area contributed by atoms with Crippen LogP contribution in [0, 0.1) is 5.92 Å². The third kappa shape index (κ3) is 6.49. The average molecular weight is 192 g/mol. The van der Waals surface area contributed by atoms with Crippen LogP contribution in [0.5, 0.6) is 0 Å². The molecule has 1 unspecified atom stereocenters. The number of carbonyl (C=O) groups is 1. The van der Waals surface area contributed by atoms with Crippen LogP contribution in [0.1, 0.15) is 13.3 Å². The summed E-state index contributed by atoms with van der Waals surface area (Å²) in [6, 6.07) is 0. The second-order valence-electron chi connectivity index (χ2n) is 2.69. The summed E-state index contributed by atoms with van der Waals surface area (Å²) >= 11 is 1.67. The Kier molecular flexibility index (Phi) is 7.29. The van der Waals surface area contributed by atoms with Crippen LogP contribution in [0.25, 0.3) is 0 Å². The van der Waals surface area contributed by atoms with Gasteiger partial charge in [0.1, 0.15) is 0 Å². The van der Waals surface area contributed by atoms with Gasteiger partial charge in [0.15, 0.2) is 0 Å². The summed E-state index contributed by atoms with van der Waals surface area (Å²) in [7, 11) is 1.39. The van der Waals surface area contributed by atoms with E-state index in [2.05, 4.69) is 4.74 Å². The number of hydrogen-bond donors (Lipinski definition) is 1. The molecule has 4 heteroatoms. The quantitative estimate of drug-likeness (QED) is 0.502. The SMILES string of the molecule is COC(=O)CCSCC(C)CO. The summed E-state index contributed by atoms with van der Waals surface area (Å²) in [6.07, 6.45) is 0.458. The molecule has 0 fully saturated rings. The van der Waals surface area contributed by atoms with Crippen molar-refractivity contribution < 1.29 is 14.6 Å². The molecule has 1 N–H and O–H groups in total. The lowest BCUT2D eigenvalue weighted by molar-refractivity contribution is -0.140. The maximum Gasteiger partial charge on any atom is 0.306 e. The van der Waals surface area contributed by atoms with Crippen LogP contribution in [0.4, 0.5) is 0 Å². The summed E-state index contributed by atoms with van der Waals surface area (Å²) in [5, 5.41) is 8.68. The predicted molar refractivity (Wildman–Crippen MR) is 50.2 cm³/mol. The molecule has 0 aromatic carbocycles. The molecule has 0 spiro atoms. The Bertz CT molecular complexity index is 127. The van der Waals surface area contributed by atoms with Crippen molar-refractivity contribution in [2.45, 2.75) is 13.3 Å². The summed E-state index contributed by atoms with van der Waals surface area (Å²) in [5.74, 6) is 1.82. The average Bonchev–Trinajstić information content (AvgIpc) is 2.11. The number of aliphatic hydroxyl groups is 1. The highest BCUT2D eigenvalue weighted by Gasteiger charge is 2.02.